The normalized spacial score (nSPS) is 12.3. The maximum Gasteiger partial charge on any atom is 0.157 e. The van der Waals surface area contributed by atoms with Crippen LogP contribution in [-0.2, 0) is 11.2 Å². The molecule has 0 aliphatic carbocycles. The molecule has 2 heterocycles. The van der Waals surface area contributed by atoms with Crippen LogP contribution in [0.15, 0.2) is 36.9 Å². The minimum Gasteiger partial charge on any atom is -0.494 e. The molecule has 8 nitrogen and oxygen atoms in total. The van der Waals surface area contributed by atoms with E-state index in [9.17, 15) is 0 Å². The number of para-hydroxylation sites is 2. The van der Waals surface area contributed by atoms with Gasteiger partial charge in [0.2, 0.25) is 0 Å². The largest absolute Gasteiger partial charge is 0.494 e. The molecule has 1 aromatic carbocycles. The Morgan fingerprint density at radius 3 is 2.75 bits per heavy atom. The Kier molecular flexibility index (Phi) is 4.85. The zero-order valence-corrected chi connectivity index (χ0v) is 14.0. The maximum atomic E-state index is 5.47. The number of ether oxygens (including phenoxy) is 2. The van der Waals surface area contributed by atoms with Gasteiger partial charge in [0.15, 0.2) is 11.6 Å². The Hall–Kier alpha value is -2.74. The quantitative estimate of drug-likeness (QED) is 0.656. The molecule has 1 atom stereocenters. The first-order valence-corrected chi connectivity index (χ1v) is 7.67. The fourth-order valence-electron chi connectivity index (χ4n) is 2.46. The molecule has 0 N–H and O–H groups in total. The van der Waals surface area contributed by atoms with Gasteiger partial charge in [-0.1, -0.05) is 12.1 Å². The molecule has 0 fully saturated rings. The van der Waals surface area contributed by atoms with Crippen molar-refractivity contribution < 1.29 is 9.47 Å². The van der Waals surface area contributed by atoms with Crippen molar-refractivity contribution in [1.29, 1.82) is 0 Å². The fraction of sp³-hybridized carbons (Fsp3) is 0.375. The molecule has 0 aliphatic heterocycles. The summed E-state index contributed by atoms with van der Waals surface area (Å²) in [6, 6.07) is 7.59. The summed E-state index contributed by atoms with van der Waals surface area (Å²) in [4.78, 5) is 8.69. The molecule has 8 heteroatoms. The Labute approximate surface area is 140 Å². The van der Waals surface area contributed by atoms with Gasteiger partial charge in [0.1, 0.15) is 30.1 Å². The van der Waals surface area contributed by atoms with Gasteiger partial charge in [-0.2, -0.15) is 10.2 Å². The zero-order valence-electron chi connectivity index (χ0n) is 14.0. The van der Waals surface area contributed by atoms with E-state index in [2.05, 4.69) is 20.2 Å². The van der Waals surface area contributed by atoms with Gasteiger partial charge >= 0.3 is 0 Å². The molecule has 0 saturated carbocycles. The van der Waals surface area contributed by atoms with Gasteiger partial charge in [0.05, 0.1) is 13.7 Å². The third-order valence-corrected chi connectivity index (χ3v) is 3.73. The van der Waals surface area contributed by atoms with Crippen LogP contribution in [0.3, 0.4) is 0 Å². The average Bonchev–Trinajstić information content (AvgIpc) is 3.29. The SMILES string of the molecule is COCCc1nc([C@H](C)n2cncn2)n(-c2ccccc2OC)n1. The average molecular weight is 328 g/mol. The predicted molar refractivity (Wildman–Crippen MR) is 87.3 cm³/mol. The van der Waals surface area contributed by atoms with Crippen molar-refractivity contribution in [1.82, 2.24) is 29.5 Å². The molecule has 0 amide bonds. The van der Waals surface area contributed by atoms with Gasteiger partial charge in [-0.3, -0.25) is 0 Å². The Morgan fingerprint density at radius 2 is 2.04 bits per heavy atom. The third kappa shape index (κ3) is 3.13. The highest BCUT2D eigenvalue weighted by Gasteiger charge is 2.21. The van der Waals surface area contributed by atoms with Crippen molar-refractivity contribution in [2.24, 2.45) is 0 Å². The minimum atomic E-state index is -0.124. The lowest BCUT2D eigenvalue weighted by atomic mass is 10.2. The molecule has 0 aliphatic rings. The van der Waals surface area contributed by atoms with Crippen molar-refractivity contribution in [3.8, 4) is 11.4 Å². The minimum absolute atomic E-state index is 0.124. The Bertz CT molecular complexity index is 784. The van der Waals surface area contributed by atoms with E-state index < -0.39 is 0 Å². The number of aromatic nitrogens is 6. The summed E-state index contributed by atoms with van der Waals surface area (Å²) in [5.41, 5.74) is 0.832. The van der Waals surface area contributed by atoms with Crippen molar-refractivity contribution in [2.45, 2.75) is 19.4 Å². The maximum absolute atomic E-state index is 5.47. The van der Waals surface area contributed by atoms with Gasteiger partial charge in [-0.15, -0.1) is 0 Å². The second-order valence-corrected chi connectivity index (χ2v) is 5.26. The summed E-state index contributed by atoms with van der Waals surface area (Å²) in [7, 11) is 3.30. The van der Waals surface area contributed by atoms with Crippen molar-refractivity contribution in [2.75, 3.05) is 20.8 Å². The first-order valence-electron chi connectivity index (χ1n) is 7.67. The van der Waals surface area contributed by atoms with Crippen LogP contribution in [0, 0.1) is 0 Å². The number of hydrogen-bond acceptors (Lipinski definition) is 6. The number of nitrogens with zero attached hydrogens (tertiary/aromatic N) is 6. The molecule has 0 unspecified atom stereocenters. The van der Waals surface area contributed by atoms with Crippen molar-refractivity contribution >= 4 is 0 Å². The topological polar surface area (TPSA) is 79.9 Å². The van der Waals surface area contributed by atoms with Crippen LogP contribution in [-0.4, -0.2) is 50.4 Å². The number of hydrogen-bond donors (Lipinski definition) is 0. The highest BCUT2D eigenvalue weighted by Crippen LogP contribution is 2.26. The molecule has 0 bridgehead atoms. The summed E-state index contributed by atoms with van der Waals surface area (Å²) < 4.78 is 14.2. The lowest BCUT2D eigenvalue weighted by molar-refractivity contribution is 0.200. The van der Waals surface area contributed by atoms with Gasteiger partial charge in [-0.05, 0) is 19.1 Å². The standard InChI is InChI=1S/C16H20N6O2/c1-12(21-11-17-10-18-21)16-19-15(8-9-23-2)20-22(16)13-6-4-5-7-14(13)24-3/h4-7,10-12H,8-9H2,1-3H3/t12-/m0/s1. The smallest absolute Gasteiger partial charge is 0.157 e. The zero-order chi connectivity index (χ0) is 16.9. The lowest BCUT2D eigenvalue weighted by Crippen LogP contribution is -2.14. The first-order chi connectivity index (χ1) is 11.7. The van der Waals surface area contributed by atoms with Crippen molar-refractivity contribution in [3.63, 3.8) is 0 Å². The molecule has 2 aromatic heterocycles. The van der Waals surface area contributed by atoms with E-state index in [1.807, 2.05) is 31.2 Å². The van der Waals surface area contributed by atoms with Gasteiger partial charge < -0.3 is 9.47 Å². The highest BCUT2D eigenvalue weighted by atomic mass is 16.5. The molecular formula is C16H20N6O2. The highest BCUT2D eigenvalue weighted by molar-refractivity contribution is 5.46. The third-order valence-electron chi connectivity index (χ3n) is 3.73. The first kappa shape index (κ1) is 16.1. The Morgan fingerprint density at radius 1 is 1.21 bits per heavy atom. The second-order valence-electron chi connectivity index (χ2n) is 5.26. The van der Waals surface area contributed by atoms with E-state index in [1.54, 1.807) is 29.9 Å². The second kappa shape index (κ2) is 7.22. The number of rotatable bonds is 7. The molecule has 24 heavy (non-hydrogen) atoms. The van der Waals surface area contributed by atoms with E-state index in [0.717, 1.165) is 17.3 Å². The van der Waals surface area contributed by atoms with Crippen LogP contribution in [0.2, 0.25) is 0 Å². The lowest BCUT2D eigenvalue weighted by Gasteiger charge is -2.14. The van der Waals surface area contributed by atoms with E-state index >= 15 is 0 Å². The van der Waals surface area contributed by atoms with Gasteiger partial charge in [-0.25, -0.2) is 19.3 Å². The summed E-state index contributed by atoms with van der Waals surface area (Å²) in [5.74, 6) is 2.20. The van der Waals surface area contributed by atoms with Crippen LogP contribution in [0.4, 0.5) is 0 Å². The predicted octanol–water partition coefficient (Wildman–Crippen LogP) is 1.67. The van der Waals surface area contributed by atoms with E-state index in [4.69, 9.17) is 9.47 Å². The Balaban J connectivity index is 2.07. The van der Waals surface area contributed by atoms with E-state index in [1.165, 1.54) is 6.33 Å². The summed E-state index contributed by atoms with van der Waals surface area (Å²) in [6.07, 6.45) is 3.81. The van der Waals surface area contributed by atoms with Gasteiger partial charge in [0.25, 0.3) is 0 Å². The summed E-state index contributed by atoms with van der Waals surface area (Å²) in [5, 5.41) is 8.85. The number of methoxy groups -OCH3 is 2. The molecular weight excluding hydrogens is 308 g/mol. The molecule has 126 valence electrons. The van der Waals surface area contributed by atoms with Gasteiger partial charge in [0, 0.05) is 13.5 Å². The molecule has 3 rings (SSSR count). The number of benzene rings is 1. The fourth-order valence-corrected chi connectivity index (χ4v) is 2.46. The van der Waals surface area contributed by atoms with Crippen LogP contribution < -0.4 is 4.74 Å². The molecule has 3 aromatic rings. The molecule has 0 saturated heterocycles. The van der Waals surface area contributed by atoms with Crippen LogP contribution >= 0.6 is 0 Å². The summed E-state index contributed by atoms with van der Waals surface area (Å²) >= 11 is 0. The van der Waals surface area contributed by atoms with E-state index in [0.29, 0.717) is 18.9 Å². The summed E-state index contributed by atoms with van der Waals surface area (Å²) in [6.45, 7) is 2.57. The van der Waals surface area contributed by atoms with Crippen LogP contribution in [0.1, 0.15) is 24.6 Å². The molecule has 0 radical (unpaired) electrons. The van der Waals surface area contributed by atoms with Crippen molar-refractivity contribution in [3.05, 3.63) is 48.6 Å². The van der Waals surface area contributed by atoms with Crippen LogP contribution in [0.25, 0.3) is 5.69 Å². The monoisotopic (exact) mass is 328 g/mol. The molecule has 0 spiro atoms. The van der Waals surface area contributed by atoms with Crippen LogP contribution in [0.5, 0.6) is 5.75 Å². The van der Waals surface area contributed by atoms with E-state index in [-0.39, 0.29) is 6.04 Å².